The van der Waals surface area contributed by atoms with Gasteiger partial charge in [-0.05, 0) is 68.3 Å². The SMILES string of the molecule is CCNC(=O)C(CC)N(Cc1ccc(OC)cc1)C(=O)CN(c1cccc(C(F)(F)F)c1)S(=O)(=O)c1ccc(C)cc1. The highest BCUT2D eigenvalue weighted by molar-refractivity contribution is 7.92. The van der Waals surface area contributed by atoms with Gasteiger partial charge < -0.3 is 15.0 Å². The fourth-order valence-corrected chi connectivity index (χ4v) is 5.75. The molecule has 3 aromatic carbocycles. The Bertz CT molecular complexity index is 1480. The third-order valence-electron chi connectivity index (χ3n) is 6.60. The van der Waals surface area contributed by atoms with Crippen molar-refractivity contribution in [1.29, 1.82) is 0 Å². The maximum atomic E-state index is 14.0. The molecule has 0 spiro atoms. The number of hydrogen-bond donors (Lipinski definition) is 1. The van der Waals surface area contributed by atoms with E-state index < -0.39 is 46.2 Å². The number of benzene rings is 3. The highest BCUT2D eigenvalue weighted by Gasteiger charge is 2.35. The second-order valence-electron chi connectivity index (χ2n) is 9.56. The molecule has 0 fully saturated rings. The molecule has 8 nitrogen and oxygen atoms in total. The van der Waals surface area contributed by atoms with Gasteiger partial charge in [0.15, 0.2) is 0 Å². The average molecular weight is 606 g/mol. The van der Waals surface area contributed by atoms with E-state index in [9.17, 15) is 31.2 Å². The lowest BCUT2D eigenvalue weighted by Gasteiger charge is -2.33. The summed E-state index contributed by atoms with van der Waals surface area (Å²) in [4.78, 5) is 28.0. The molecule has 1 atom stereocenters. The zero-order valence-corrected chi connectivity index (χ0v) is 24.6. The molecule has 0 aromatic heterocycles. The number of carbonyl (C=O) groups is 2. The Kier molecular flexibility index (Phi) is 10.6. The van der Waals surface area contributed by atoms with Crippen LogP contribution in [-0.2, 0) is 32.3 Å². The first-order valence-electron chi connectivity index (χ1n) is 13.3. The van der Waals surface area contributed by atoms with Gasteiger partial charge in [0.1, 0.15) is 18.3 Å². The summed E-state index contributed by atoms with van der Waals surface area (Å²) in [5.74, 6) is -0.627. The molecule has 2 amide bonds. The normalized spacial score (nSPS) is 12.4. The minimum atomic E-state index is -4.74. The Morgan fingerprint density at radius 2 is 1.62 bits per heavy atom. The van der Waals surface area contributed by atoms with E-state index in [1.165, 1.54) is 30.2 Å². The maximum Gasteiger partial charge on any atom is 0.416 e. The standard InChI is InChI=1S/C30H34F3N3O5S/c1-5-27(29(38)34-6-2)35(19-22-12-14-25(41-4)15-13-22)28(37)20-36(24-9-7-8-23(18-24)30(31,32)33)42(39,40)26-16-10-21(3)11-17-26/h7-18,27H,5-6,19-20H2,1-4H3,(H,34,38). The van der Waals surface area contributed by atoms with Gasteiger partial charge in [-0.1, -0.05) is 42.8 Å². The van der Waals surface area contributed by atoms with E-state index in [-0.39, 0.29) is 23.5 Å². The van der Waals surface area contributed by atoms with Crippen LogP contribution in [0.2, 0.25) is 0 Å². The number of carbonyl (C=O) groups excluding carboxylic acids is 2. The van der Waals surface area contributed by atoms with Crippen LogP contribution in [-0.4, -0.2) is 51.4 Å². The van der Waals surface area contributed by atoms with Crippen LogP contribution >= 0.6 is 0 Å². The summed E-state index contributed by atoms with van der Waals surface area (Å²) in [6, 6.07) is 15.4. The van der Waals surface area contributed by atoms with E-state index in [1.807, 2.05) is 0 Å². The fraction of sp³-hybridized carbons (Fsp3) is 0.333. The molecule has 0 saturated heterocycles. The molecule has 42 heavy (non-hydrogen) atoms. The number of halogens is 3. The Labute approximate surface area is 244 Å². The van der Waals surface area contributed by atoms with Gasteiger partial charge >= 0.3 is 6.18 Å². The van der Waals surface area contributed by atoms with E-state index in [0.29, 0.717) is 28.2 Å². The molecule has 0 aliphatic carbocycles. The lowest BCUT2D eigenvalue weighted by atomic mass is 10.1. The molecule has 226 valence electrons. The van der Waals surface area contributed by atoms with Crippen molar-refractivity contribution in [3.63, 3.8) is 0 Å². The van der Waals surface area contributed by atoms with Crippen molar-refractivity contribution in [3.8, 4) is 5.75 Å². The van der Waals surface area contributed by atoms with E-state index in [1.54, 1.807) is 57.2 Å². The van der Waals surface area contributed by atoms with Gasteiger partial charge in [0.25, 0.3) is 10.0 Å². The zero-order valence-electron chi connectivity index (χ0n) is 23.8. The first kappa shape index (κ1) is 32.5. The number of alkyl halides is 3. The number of ether oxygens (including phenoxy) is 1. The predicted molar refractivity (Wildman–Crippen MR) is 153 cm³/mol. The molecule has 1 N–H and O–H groups in total. The first-order chi connectivity index (χ1) is 19.8. The zero-order chi connectivity index (χ0) is 31.1. The van der Waals surface area contributed by atoms with Crippen molar-refractivity contribution in [2.45, 2.75) is 50.9 Å². The molecule has 0 heterocycles. The van der Waals surface area contributed by atoms with Crippen molar-refractivity contribution in [3.05, 3.63) is 89.5 Å². The Morgan fingerprint density at radius 3 is 2.17 bits per heavy atom. The summed E-state index contributed by atoms with van der Waals surface area (Å²) < 4.78 is 74.3. The molecule has 12 heteroatoms. The Balaban J connectivity index is 2.11. The fourth-order valence-electron chi connectivity index (χ4n) is 4.34. The number of aryl methyl sites for hydroxylation is 1. The van der Waals surface area contributed by atoms with Crippen LogP contribution in [0.4, 0.5) is 18.9 Å². The van der Waals surface area contributed by atoms with Crippen LogP contribution < -0.4 is 14.4 Å². The number of nitrogens with one attached hydrogen (secondary N) is 1. The molecule has 1 unspecified atom stereocenters. The Hall–Kier alpha value is -4.06. The summed E-state index contributed by atoms with van der Waals surface area (Å²) in [7, 11) is -3.00. The topological polar surface area (TPSA) is 96.0 Å². The van der Waals surface area contributed by atoms with Gasteiger partial charge in [-0.25, -0.2) is 8.42 Å². The van der Waals surface area contributed by atoms with E-state index >= 15 is 0 Å². The van der Waals surface area contributed by atoms with Crippen LogP contribution in [0.15, 0.2) is 77.7 Å². The monoisotopic (exact) mass is 605 g/mol. The van der Waals surface area contributed by atoms with Crippen LogP contribution in [0.5, 0.6) is 5.75 Å². The lowest BCUT2D eigenvalue weighted by Crippen LogP contribution is -2.52. The van der Waals surface area contributed by atoms with Crippen molar-refractivity contribution in [2.24, 2.45) is 0 Å². The molecule has 3 rings (SSSR count). The van der Waals surface area contributed by atoms with Crippen molar-refractivity contribution in [1.82, 2.24) is 10.2 Å². The number of rotatable bonds is 12. The highest BCUT2D eigenvalue weighted by Crippen LogP contribution is 2.33. The average Bonchev–Trinajstić information content (AvgIpc) is 2.96. The molecular formula is C30H34F3N3O5S. The second-order valence-corrected chi connectivity index (χ2v) is 11.4. The molecule has 0 bridgehead atoms. The van der Waals surface area contributed by atoms with Crippen LogP contribution in [0, 0.1) is 6.92 Å². The minimum absolute atomic E-state index is 0.0561. The second kappa shape index (κ2) is 13.7. The summed E-state index contributed by atoms with van der Waals surface area (Å²) in [5, 5.41) is 2.70. The molecule has 0 aliphatic heterocycles. The molecule has 3 aromatic rings. The Morgan fingerprint density at radius 1 is 0.976 bits per heavy atom. The minimum Gasteiger partial charge on any atom is -0.497 e. The highest BCUT2D eigenvalue weighted by atomic mass is 32.2. The molecule has 0 aliphatic rings. The van der Waals surface area contributed by atoms with Crippen LogP contribution in [0.25, 0.3) is 0 Å². The van der Waals surface area contributed by atoms with E-state index in [2.05, 4.69) is 5.32 Å². The summed E-state index contributed by atoms with van der Waals surface area (Å²) >= 11 is 0. The predicted octanol–water partition coefficient (Wildman–Crippen LogP) is 5.16. The van der Waals surface area contributed by atoms with Gasteiger partial charge in [0.05, 0.1) is 23.3 Å². The van der Waals surface area contributed by atoms with Gasteiger partial charge in [-0.3, -0.25) is 13.9 Å². The van der Waals surface area contributed by atoms with E-state index in [4.69, 9.17) is 4.74 Å². The third kappa shape index (κ3) is 7.81. The van der Waals surface area contributed by atoms with Gasteiger partial charge in [0.2, 0.25) is 11.8 Å². The van der Waals surface area contributed by atoms with Crippen molar-refractivity contribution in [2.75, 3.05) is 24.5 Å². The van der Waals surface area contributed by atoms with E-state index in [0.717, 1.165) is 17.7 Å². The maximum absolute atomic E-state index is 14.0. The van der Waals surface area contributed by atoms with Crippen molar-refractivity contribution < 1.29 is 35.9 Å². The number of sulfonamides is 1. The van der Waals surface area contributed by atoms with Gasteiger partial charge in [0, 0.05) is 13.1 Å². The number of likely N-dealkylation sites (N-methyl/N-ethyl adjacent to an activating group) is 1. The first-order valence-corrected chi connectivity index (χ1v) is 14.7. The third-order valence-corrected chi connectivity index (χ3v) is 8.39. The quantitative estimate of drug-likeness (QED) is 0.308. The number of nitrogens with zero attached hydrogens (tertiary/aromatic N) is 2. The van der Waals surface area contributed by atoms with Gasteiger partial charge in [-0.15, -0.1) is 0 Å². The summed E-state index contributed by atoms with van der Waals surface area (Å²) in [6.07, 6.45) is -4.53. The molecule has 0 saturated carbocycles. The lowest BCUT2D eigenvalue weighted by molar-refractivity contribution is -0.140. The molecule has 0 radical (unpaired) electrons. The number of methoxy groups -OCH3 is 1. The number of anilines is 1. The number of hydrogen-bond acceptors (Lipinski definition) is 5. The summed E-state index contributed by atoms with van der Waals surface area (Å²) in [6.45, 7) is 4.60. The number of amides is 2. The largest absolute Gasteiger partial charge is 0.497 e. The van der Waals surface area contributed by atoms with Crippen LogP contribution in [0.3, 0.4) is 0 Å². The summed E-state index contributed by atoms with van der Waals surface area (Å²) in [5.41, 5.74) is 0.00236. The molecular weight excluding hydrogens is 571 g/mol. The van der Waals surface area contributed by atoms with Crippen LogP contribution in [0.1, 0.15) is 37.0 Å². The smallest absolute Gasteiger partial charge is 0.416 e. The van der Waals surface area contributed by atoms with Crippen molar-refractivity contribution >= 4 is 27.5 Å². The van der Waals surface area contributed by atoms with Gasteiger partial charge in [-0.2, -0.15) is 13.2 Å².